The van der Waals surface area contributed by atoms with Crippen molar-refractivity contribution in [2.75, 3.05) is 23.0 Å². The molecule has 0 fully saturated rings. The lowest BCUT2D eigenvalue weighted by Crippen LogP contribution is -2.21. The molecule has 1 unspecified atom stereocenters. The fourth-order valence-corrected chi connectivity index (χ4v) is 3.85. The molecule has 0 aliphatic carbocycles. The van der Waals surface area contributed by atoms with E-state index in [9.17, 15) is 23.2 Å². The van der Waals surface area contributed by atoms with Gasteiger partial charge in [-0.25, -0.2) is 4.98 Å². The molecule has 1 aliphatic heterocycles. The zero-order valence-electron chi connectivity index (χ0n) is 18.9. The van der Waals surface area contributed by atoms with Crippen LogP contribution in [0.2, 0.25) is 0 Å². The van der Waals surface area contributed by atoms with E-state index < -0.39 is 11.7 Å². The Labute approximate surface area is 199 Å². The molecule has 7 nitrogen and oxygen atoms in total. The number of nitriles is 1. The second-order valence-corrected chi connectivity index (χ2v) is 8.15. The number of alkyl halides is 3. The third-order valence-corrected chi connectivity index (χ3v) is 5.51. The summed E-state index contributed by atoms with van der Waals surface area (Å²) in [6.45, 7) is 1.62. The van der Waals surface area contributed by atoms with Crippen molar-refractivity contribution in [3.8, 4) is 17.2 Å². The maximum Gasteiger partial charge on any atom is 0.416 e. The molecule has 178 valence electrons. The number of aromatic nitrogens is 1. The molecule has 10 heteroatoms. The predicted molar refractivity (Wildman–Crippen MR) is 128 cm³/mol. The Morgan fingerprint density at radius 1 is 1.17 bits per heavy atom. The Morgan fingerprint density at radius 3 is 2.31 bits per heavy atom. The van der Waals surface area contributed by atoms with Crippen LogP contribution in [0.1, 0.15) is 35.2 Å². The maximum atomic E-state index is 12.9. The standard InChI is InChI=1S/C25H21F3N6O/c1-14(35)32-18-9-5-16(6-10-18)21-19(11-29)24(33-23(30)22(21)20-12-31-20)34(2)13-15-3-7-17(8-4-15)25(26,27)28/h3-10,12,20H,13H2,1-2H3,(H2,30,33)(H,32,35). The number of nitrogen functional groups attached to an aromatic ring is 1. The Kier molecular flexibility index (Phi) is 6.18. The molecule has 1 amide bonds. The number of anilines is 3. The number of nitrogens with two attached hydrogens (primary N) is 1. The van der Waals surface area contributed by atoms with Gasteiger partial charge in [0, 0.05) is 43.5 Å². The molecule has 0 bridgehead atoms. The minimum Gasteiger partial charge on any atom is -0.383 e. The number of hydrogen-bond donors (Lipinski definition) is 2. The van der Waals surface area contributed by atoms with Gasteiger partial charge in [0.2, 0.25) is 5.91 Å². The number of carbonyl (C=O) groups is 1. The van der Waals surface area contributed by atoms with Crippen LogP contribution in [0.5, 0.6) is 0 Å². The fourth-order valence-electron chi connectivity index (χ4n) is 3.85. The summed E-state index contributed by atoms with van der Waals surface area (Å²) < 4.78 is 38.7. The zero-order valence-corrected chi connectivity index (χ0v) is 18.9. The van der Waals surface area contributed by atoms with Gasteiger partial charge in [0.15, 0.2) is 0 Å². The van der Waals surface area contributed by atoms with Crippen molar-refractivity contribution in [2.24, 2.45) is 4.99 Å². The van der Waals surface area contributed by atoms with E-state index in [-0.39, 0.29) is 29.9 Å². The number of benzene rings is 2. The van der Waals surface area contributed by atoms with E-state index in [2.05, 4.69) is 21.4 Å². The molecule has 3 aromatic rings. The van der Waals surface area contributed by atoms with Crippen molar-refractivity contribution in [2.45, 2.75) is 25.7 Å². The smallest absolute Gasteiger partial charge is 0.383 e. The summed E-state index contributed by atoms with van der Waals surface area (Å²) in [4.78, 5) is 21.7. The quantitative estimate of drug-likeness (QED) is 0.522. The molecule has 2 aromatic carbocycles. The second-order valence-electron chi connectivity index (χ2n) is 8.15. The zero-order chi connectivity index (χ0) is 25.3. The third kappa shape index (κ3) is 5.09. The second kappa shape index (κ2) is 9.10. The first kappa shape index (κ1) is 23.8. The molecule has 0 saturated heterocycles. The summed E-state index contributed by atoms with van der Waals surface area (Å²) >= 11 is 0. The van der Waals surface area contributed by atoms with Crippen LogP contribution in [0.15, 0.2) is 53.5 Å². The van der Waals surface area contributed by atoms with Gasteiger partial charge in [-0.15, -0.1) is 0 Å². The van der Waals surface area contributed by atoms with Crippen molar-refractivity contribution in [1.82, 2.24) is 4.98 Å². The van der Waals surface area contributed by atoms with E-state index in [1.807, 2.05) is 0 Å². The molecule has 1 aromatic heterocycles. The van der Waals surface area contributed by atoms with Crippen molar-refractivity contribution >= 4 is 29.4 Å². The van der Waals surface area contributed by atoms with E-state index in [0.29, 0.717) is 33.8 Å². The minimum atomic E-state index is -4.42. The molecular formula is C25H21F3N6O. The van der Waals surface area contributed by atoms with Gasteiger partial charge in [-0.05, 0) is 35.4 Å². The van der Waals surface area contributed by atoms with Crippen molar-refractivity contribution in [1.29, 1.82) is 5.26 Å². The summed E-state index contributed by atoms with van der Waals surface area (Å²) in [5.74, 6) is 0.305. The highest BCUT2D eigenvalue weighted by Gasteiger charge is 2.31. The molecule has 1 atom stereocenters. The first-order chi connectivity index (χ1) is 16.6. The summed E-state index contributed by atoms with van der Waals surface area (Å²) in [6, 6.07) is 13.7. The normalized spacial score (nSPS) is 14.3. The van der Waals surface area contributed by atoms with Crippen LogP contribution in [-0.2, 0) is 17.5 Å². The number of halogens is 3. The largest absolute Gasteiger partial charge is 0.416 e. The van der Waals surface area contributed by atoms with Gasteiger partial charge in [-0.1, -0.05) is 24.3 Å². The number of rotatable bonds is 6. The number of carbonyl (C=O) groups excluding carboxylic acids is 1. The van der Waals surface area contributed by atoms with Crippen LogP contribution in [0, 0.1) is 11.3 Å². The lowest BCUT2D eigenvalue weighted by molar-refractivity contribution is -0.137. The van der Waals surface area contributed by atoms with Gasteiger partial charge in [-0.3, -0.25) is 9.79 Å². The highest BCUT2D eigenvalue weighted by atomic mass is 19.4. The summed E-state index contributed by atoms with van der Waals surface area (Å²) in [6.07, 6.45) is -2.71. The predicted octanol–water partition coefficient (Wildman–Crippen LogP) is 4.94. The van der Waals surface area contributed by atoms with Gasteiger partial charge >= 0.3 is 6.18 Å². The fraction of sp³-hybridized carbons (Fsp3) is 0.200. The molecule has 1 aliphatic rings. The van der Waals surface area contributed by atoms with E-state index in [1.54, 1.807) is 42.4 Å². The van der Waals surface area contributed by atoms with E-state index in [1.165, 1.54) is 19.1 Å². The first-order valence-electron chi connectivity index (χ1n) is 10.6. The van der Waals surface area contributed by atoms with Gasteiger partial charge in [0.05, 0.1) is 5.56 Å². The minimum absolute atomic E-state index is 0.206. The topological polar surface area (TPSA) is 107 Å². The van der Waals surface area contributed by atoms with Crippen molar-refractivity contribution < 1.29 is 18.0 Å². The van der Waals surface area contributed by atoms with Gasteiger partial charge < -0.3 is 16.0 Å². The Hall–Kier alpha value is -4.39. The van der Waals surface area contributed by atoms with Crippen LogP contribution in [-0.4, -0.2) is 24.2 Å². The van der Waals surface area contributed by atoms with E-state index in [0.717, 1.165) is 12.1 Å². The van der Waals surface area contributed by atoms with Gasteiger partial charge in [-0.2, -0.15) is 18.4 Å². The van der Waals surface area contributed by atoms with Crippen molar-refractivity contribution in [3.63, 3.8) is 0 Å². The Bertz CT molecular complexity index is 1340. The van der Waals surface area contributed by atoms with Crippen LogP contribution in [0.4, 0.5) is 30.5 Å². The lowest BCUT2D eigenvalue weighted by Gasteiger charge is -2.23. The Morgan fingerprint density at radius 2 is 1.80 bits per heavy atom. The average Bonchev–Trinajstić information content (AvgIpc) is 3.63. The summed E-state index contributed by atoms with van der Waals surface area (Å²) in [7, 11) is 1.69. The van der Waals surface area contributed by atoms with Crippen LogP contribution in [0.25, 0.3) is 11.1 Å². The lowest BCUT2D eigenvalue weighted by atomic mass is 9.93. The van der Waals surface area contributed by atoms with Crippen LogP contribution in [0.3, 0.4) is 0 Å². The van der Waals surface area contributed by atoms with Crippen LogP contribution < -0.4 is 16.0 Å². The van der Waals surface area contributed by atoms with Gasteiger partial charge in [0.25, 0.3) is 0 Å². The average molecular weight is 478 g/mol. The van der Waals surface area contributed by atoms with Crippen LogP contribution >= 0.6 is 0 Å². The molecule has 4 rings (SSSR count). The number of aliphatic imine (C=N–C) groups is 1. The molecule has 0 spiro atoms. The van der Waals surface area contributed by atoms with Crippen molar-refractivity contribution in [3.05, 3.63) is 70.8 Å². The number of nitrogens with zero attached hydrogens (tertiary/aromatic N) is 4. The molecule has 0 saturated carbocycles. The molecular weight excluding hydrogens is 457 g/mol. The van der Waals surface area contributed by atoms with E-state index >= 15 is 0 Å². The number of hydrogen-bond acceptors (Lipinski definition) is 6. The molecule has 2 heterocycles. The monoisotopic (exact) mass is 478 g/mol. The maximum absolute atomic E-state index is 12.9. The molecule has 0 radical (unpaired) electrons. The van der Waals surface area contributed by atoms with Gasteiger partial charge in [0.1, 0.15) is 29.3 Å². The number of pyridine rings is 1. The number of nitrogens with one attached hydrogen (secondary N) is 1. The highest BCUT2D eigenvalue weighted by molar-refractivity contribution is 5.92. The molecule has 35 heavy (non-hydrogen) atoms. The summed E-state index contributed by atoms with van der Waals surface area (Å²) in [5.41, 5.74) is 8.94. The summed E-state index contributed by atoms with van der Waals surface area (Å²) in [5, 5.41) is 12.8. The SMILES string of the molecule is CC(=O)Nc1ccc(-c2c(C#N)c(N(C)Cc3ccc(C(F)(F)F)cc3)nc(N)c2C2C=N2)cc1. The number of amides is 1. The Balaban J connectivity index is 1.74. The van der Waals surface area contributed by atoms with E-state index in [4.69, 9.17) is 5.73 Å². The molecule has 3 N–H and O–H groups in total. The third-order valence-electron chi connectivity index (χ3n) is 5.51. The first-order valence-corrected chi connectivity index (χ1v) is 10.6. The highest BCUT2D eigenvalue weighted by Crippen LogP contribution is 2.42.